The van der Waals surface area contributed by atoms with E-state index < -0.39 is 0 Å². The lowest BCUT2D eigenvalue weighted by Crippen LogP contribution is -2.14. The van der Waals surface area contributed by atoms with Crippen LogP contribution in [0.25, 0.3) is 10.8 Å². The van der Waals surface area contributed by atoms with E-state index in [0.29, 0.717) is 23.9 Å². The van der Waals surface area contributed by atoms with Crippen LogP contribution in [0.4, 0.5) is 5.69 Å². The first-order valence-electron chi connectivity index (χ1n) is 7.93. The summed E-state index contributed by atoms with van der Waals surface area (Å²) < 4.78 is 7.35. The van der Waals surface area contributed by atoms with Gasteiger partial charge in [-0.1, -0.05) is 18.2 Å². The number of oxazole rings is 1. The average molecular weight is 365 g/mol. The molecular weight excluding hydrogens is 350 g/mol. The molecular formula is C18H15N5O2S. The molecule has 0 aliphatic heterocycles. The Morgan fingerprint density at radius 1 is 1.31 bits per heavy atom. The number of amides is 1. The Kier molecular flexibility index (Phi) is 4.32. The van der Waals surface area contributed by atoms with Gasteiger partial charge >= 0.3 is 0 Å². The molecule has 0 fully saturated rings. The minimum absolute atomic E-state index is 0.287. The summed E-state index contributed by atoms with van der Waals surface area (Å²) in [5, 5.41) is 8.90. The van der Waals surface area contributed by atoms with Gasteiger partial charge in [-0.05, 0) is 36.1 Å². The largest absolute Gasteiger partial charge is 0.440 e. The van der Waals surface area contributed by atoms with Crippen molar-refractivity contribution in [3.05, 3.63) is 71.5 Å². The highest BCUT2D eigenvalue weighted by Crippen LogP contribution is 2.26. The monoisotopic (exact) mass is 365 g/mol. The summed E-state index contributed by atoms with van der Waals surface area (Å²) in [4.78, 5) is 21.7. The molecule has 0 aliphatic carbocycles. The number of aryl methyl sites for hydroxylation is 1. The fourth-order valence-electron chi connectivity index (χ4n) is 2.55. The van der Waals surface area contributed by atoms with Gasteiger partial charge in [0.05, 0.1) is 11.4 Å². The summed E-state index contributed by atoms with van der Waals surface area (Å²) in [5.41, 5.74) is 1.98. The normalized spacial score (nSPS) is 10.8. The molecule has 0 unspecified atom stereocenters. The molecule has 3 aromatic heterocycles. The molecule has 4 rings (SSSR count). The van der Waals surface area contributed by atoms with E-state index in [1.165, 1.54) is 17.7 Å². The molecule has 1 N–H and O–H groups in total. The van der Waals surface area contributed by atoms with Gasteiger partial charge in [0.2, 0.25) is 5.89 Å². The molecule has 4 aromatic rings. The van der Waals surface area contributed by atoms with E-state index in [0.717, 1.165) is 10.4 Å². The first-order chi connectivity index (χ1) is 12.7. The van der Waals surface area contributed by atoms with Gasteiger partial charge in [-0.2, -0.15) is 5.10 Å². The predicted octanol–water partition coefficient (Wildman–Crippen LogP) is 3.60. The zero-order chi connectivity index (χ0) is 17.9. The third-order valence-electron chi connectivity index (χ3n) is 3.74. The van der Waals surface area contributed by atoms with Gasteiger partial charge in [0.25, 0.3) is 5.91 Å². The molecule has 0 spiro atoms. The number of carbonyl (C=O) groups excluding carboxylic acids is 1. The Hall–Kier alpha value is -3.26. The minimum Gasteiger partial charge on any atom is -0.440 e. The van der Waals surface area contributed by atoms with Gasteiger partial charge in [-0.3, -0.25) is 4.79 Å². The SMILES string of the molecule is Cc1oc(-c2cccs2)nc1C(=O)Nc1cccc(Cn2cncn2)c1. The van der Waals surface area contributed by atoms with Gasteiger partial charge in [0.15, 0.2) is 5.69 Å². The number of hydrogen-bond donors (Lipinski definition) is 1. The molecule has 0 saturated carbocycles. The summed E-state index contributed by atoms with van der Waals surface area (Å²) in [7, 11) is 0. The van der Waals surface area contributed by atoms with E-state index in [1.54, 1.807) is 17.9 Å². The third kappa shape index (κ3) is 3.40. The lowest BCUT2D eigenvalue weighted by molar-refractivity contribution is 0.102. The van der Waals surface area contributed by atoms with Crippen LogP contribution < -0.4 is 5.32 Å². The second-order valence-electron chi connectivity index (χ2n) is 5.65. The molecule has 0 aliphatic rings. The maximum Gasteiger partial charge on any atom is 0.277 e. The lowest BCUT2D eigenvalue weighted by atomic mass is 10.2. The Balaban J connectivity index is 1.51. The number of nitrogens with one attached hydrogen (secondary N) is 1. The van der Waals surface area contributed by atoms with Crippen LogP contribution in [0.2, 0.25) is 0 Å². The Labute approximate surface area is 153 Å². The van der Waals surface area contributed by atoms with Gasteiger partial charge in [0.1, 0.15) is 18.4 Å². The smallest absolute Gasteiger partial charge is 0.277 e. The molecule has 8 heteroatoms. The van der Waals surface area contributed by atoms with Crippen molar-refractivity contribution in [1.29, 1.82) is 0 Å². The number of carbonyl (C=O) groups is 1. The van der Waals surface area contributed by atoms with Crippen LogP contribution in [0.3, 0.4) is 0 Å². The maximum atomic E-state index is 12.6. The maximum absolute atomic E-state index is 12.6. The second-order valence-corrected chi connectivity index (χ2v) is 6.60. The molecule has 0 atom stereocenters. The second kappa shape index (κ2) is 6.93. The van der Waals surface area contributed by atoms with Crippen LogP contribution in [0.5, 0.6) is 0 Å². The summed E-state index contributed by atoms with van der Waals surface area (Å²) >= 11 is 1.52. The van der Waals surface area contributed by atoms with E-state index in [-0.39, 0.29) is 11.6 Å². The van der Waals surface area contributed by atoms with Crippen LogP contribution in [-0.4, -0.2) is 25.7 Å². The molecule has 1 aromatic carbocycles. The first kappa shape index (κ1) is 16.2. The minimum atomic E-state index is -0.299. The number of hydrogen-bond acceptors (Lipinski definition) is 6. The van der Waals surface area contributed by atoms with E-state index in [9.17, 15) is 4.79 Å². The molecule has 0 saturated heterocycles. The first-order valence-corrected chi connectivity index (χ1v) is 8.81. The number of rotatable bonds is 5. The Morgan fingerprint density at radius 3 is 3.00 bits per heavy atom. The molecule has 7 nitrogen and oxygen atoms in total. The predicted molar refractivity (Wildman–Crippen MR) is 98.1 cm³/mol. The van der Waals surface area contributed by atoms with Gasteiger partial charge in [-0.15, -0.1) is 11.3 Å². The van der Waals surface area contributed by atoms with Gasteiger partial charge in [0, 0.05) is 5.69 Å². The summed E-state index contributed by atoms with van der Waals surface area (Å²) in [6, 6.07) is 11.4. The lowest BCUT2D eigenvalue weighted by Gasteiger charge is -2.06. The number of anilines is 1. The quantitative estimate of drug-likeness (QED) is 0.584. The highest BCUT2D eigenvalue weighted by atomic mass is 32.1. The topological polar surface area (TPSA) is 85.8 Å². The summed E-state index contributed by atoms with van der Waals surface area (Å²) in [5.74, 6) is 0.652. The molecule has 0 radical (unpaired) electrons. The zero-order valence-electron chi connectivity index (χ0n) is 13.9. The van der Waals surface area contributed by atoms with Crippen molar-refractivity contribution >= 4 is 22.9 Å². The standard InChI is InChI=1S/C18H15N5O2S/c1-12-16(22-18(25-12)15-6-3-7-26-15)17(24)21-14-5-2-4-13(8-14)9-23-11-19-10-20-23/h2-8,10-11H,9H2,1H3,(H,21,24). The van der Waals surface area contributed by atoms with Crippen molar-refractivity contribution in [2.45, 2.75) is 13.5 Å². The zero-order valence-corrected chi connectivity index (χ0v) is 14.7. The van der Waals surface area contributed by atoms with Crippen LogP contribution in [0.15, 0.2) is 58.9 Å². The van der Waals surface area contributed by atoms with Crippen molar-refractivity contribution in [3.63, 3.8) is 0 Å². The van der Waals surface area contributed by atoms with Crippen LogP contribution in [0.1, 0.15) is 21.8 Å². The molecule has 1 amide bonds. The molecule has 130 valence electrons. The van der Waals surface area contributed by atoms with Crippen LogP contribution in [0, 0.1) is 6.92 Å². The van der Waals surface area contributed by atoms with E-state index in [4.69, 9.17) is 4.42 Å². The summed E-state index contributed by atoms with van der Waals surface area (Å²) in [6.45, 7) is 2.31. The number of aromatic nitrogens is 4. The highest BCUT2D eigenvalue weighted by molar-refractivity contribution is 7.13. The van der Waals surface area contributed by atoms with Gasteiger partial charge < -0.3 is 9.73 Å². The van der Waals surface area contributed by atoms with Crippen LogP contribution in [-0.2, 0) is 6.54 Å². The van der Waals surface area contributed by atoms with E-state index in [1.807, 2.05) is 41.8 Å². The van der Waals surface area contributed by atoms with Crippen molar-refractivity contribution in [3.8, 4) is 10.8 Å². The van der Waals surface area contributed by atoms with Crippen molar-refractivity contribution in [2.75, 3.05) is 5.32 Å². The van der Waals surface area contributed by atoms with Crippen molar-refractivity contribution in [2.24, 2.45) is 0 Å². The third-order valence-corrected chi connectivity index (χ3v) is 4.60. The van der Waals surface area contributed by atoms with Gasteiger partial charge in [-0.25, -0.2) is 14.6 Å². The fraction of sp³-hybridized carbons (Fsp3) is 0.111. The number of nitrogens with zero attached hydrogens (tertiary/aromatic N) is 4. The highest BCUT2D eigenvalue weighted by Gasteiger charge is 2.18. The van der Waals surface area contributed by atoms with E-state index >= 15 is 0 Å². The average Bonchev–Trinajstić information content (AvgIpc) is 3.36. The Bertz CT molecular complexity index is 1020. The fourth-order valence-corrected chi connectivity index (χ4v) is 3.20. The Morgan fingerprint density at radius 2 is 2.23 bits per heavy atom. The molecule has 26 heavy (non-hydrogen) atoms. The van der Waals surface area contributed by atoms with Crippen molar-refractivity contribution < 1.29 is 9.21 Å². The molecule has 3 heterocycles. The number of benzene rings is 1. The van der Waals surface area contributed by atoms with E-state index in [2.05, 4.69) is 20.4 Å². The number of thiophene rings is 1. The molecule has 0 bridgehead atoms. The summed E-state index contributed by atoms with van der Waals surface area (Å²) in [6.07, 6.45) is 3.14. The van der Waals surface area contributed by atoms with Crippen LogP contribution >= 0.6 is 11.3 Å². The van der Waals surface area contributed by atoms with Crippen molar-refractivity contribution in [1.82, 2.24) is 19.7 Å².